The highest BCUT2D eigenvalue weighted by molar-refractivity contribution is 5.76. The third-order valence-corrected chi connectivity index (χ3v) is 5.29. The summed E-state index contributed by atoms with van der Waals surface area (Å²) in [5, 5.41) is 3.10. The van der Waals surface area contributed by atoms with Gasteiger partial charge in [0.15, 0.2) is 0 Å². The van der Waals surface area contributed by atoms with Gasteiger partial charge in [0.05, 0.1) is 0 Å². The highest BCUT2D eigenvalue weighted by Crippen LogP contribution is 2.31. The zero-order valence-corrected chi connectivity index (χ0v) is 12.4. The molecule has 1 amide bonds. The van der Waals surface area contributed by atoms with E-state index in [9.17, 15) is 4.79 Å². The summed E-state index contributed by atoms with van der Waals surface area (Å²) in [5.41, 5.74) is 6.01. The SMILES string of the molecule is CC1CCCCC1CCNC(=O)C[C@@H]1CCC[C@H]1N. The molecule has 2 fully saturated rings. The van der Waals surface area contributed by atoms with E-state index in [1.807, 2.05) is 0 Å². The molecule has 4 atom stereocenters. The van der Waals surface area contributed by atoms with Gasteiger partial charge in [-0.05, 0) is 37.0 Å². The van der Waals surface area contributed by atoms with Crippen LogP contribution in [0.25, 0.3) is 0 Å². The van der Waals surface area contributed by atoms with Crippen molar-refractivity contribution in [2.75, 3.05) is 6.54 Å². The number of hydrogen-bond acceptors (Lipinski definition) is 2. The molecule has 3 heteroatoms. The van der Waals surface area contributed by atoms with Crippen molar-refractivity contribution in [3.8, 4) is 0 Å². The Kier molecular flexibility index (Phi) is 5.68. The molecule has 2 aliphatic carbocycles. The molecule has 0 aromatic carbocycles. The summed E-state index contributed by atoms with van der Waals surface area (Å²) in [4.78, 5) is 11.9. The van der Waals surface area contributed by atoms with Crippen LogP contribution in [-0.4, -0.2) is 18.5 Å². The summed E-state index contributed by atoms with van der Waals surface area (Å²) in [6.45, 7) is 3.22. The van der Waals surface area contributed by atoms with Gasteiger partial charge in [-0.3, -0.25) is 4.79 Å². The molecule has 110 valence electrons. The molecule has 0 aromatic heterocycles. The van der Waals surface area contributed by atoms with Crippen molar-refractivity contribution in [1.29, 1.82) is 0 Å². The summed E-state index contributed by atoms with van der Waals surface area (Å²) in [6, 6.07) is 0.254. The minimum absolute atomic E-state index is 0.214. The van der Waals surface area contributed by atoms with Gasteiger partial charge in [0.25, 0.3) is 0 Å². The Labute approximate surface area is 117 Å². The highest BCUT2D eigenvalue weighted by Gasteiger charge is 2.26. The van der Waals surface area contributed by atoms with Crippen LogP contribution in [0, 0.1) is 17.8 Å². The lowest BCUT2D eigenvalue weighted by Crippen LogP contribution is -2.33. The number of carbonyl (C=O) groups excluding carboxylic acids is 1. The van der Waals surface area contributed by atoms with E-state index in [2.05, 4.69) is 12.2 Å². The maximum atomic E-state index is 11.9. The van der Waals surface area contributed by atoms with E-state index in [4.69, 9.17) is 5.73 Å². The fraction of sp³-hybridized carbons (Fsp3) is 0.938. The molecule has 0 saturated heterocycles. The fourth-order valence-corrected chi connectivity index (χ4v) is 3.85. The van der Waals surface area contributed by atoms with Crippen molar-refractivity contribution in [1.82, 2.24) is 5.32 Å². The van der Waals surface area contributed by atoms with Crippen molar-refractivity contribution < 1.29 is 4.79 Å². The normalized spacial score (nSPS) is 35.3. The molecule has 19 heavy (non-hydrogen) atoms. The molecule has 2 saturated carbocycles. The Morgan fingerprint density at radius 2 is 1.84 bits per heavy atom. The Morgan fingerprint density at radius 3 is 2.53 bits per heavy atom. The number of amides is 1. The van der Waals surface area contributed by atoms with Crippen LogP contribution in [0.5, 0.6) is 0 Å². The fourth-order valence-electron chi connectivity index (χ4n) is 3.85. The van der Waals surface area contributed by atoms with Gasteiger partial charge in [0, 0.05) is 19.0 Å². The monoisotopic (exact) mass is 266 g/mol. The summed E-state index contributed by atoms with van der Waals surface area (Å²) >= 11 is 0. The summed E-state index contributed by atoms with van der Waals surface area (Å²) in [5.74, 6) is 2.30. The van der Waals surface area contributed by atoms with Gasteiger partial charge < -0.3 is 11.1 Å². The molecule has 0 radical (unpaired) electrons. The molecule has 0 spiro atoms. The molecule has 0 aliphatic heterocycles. The molecular formula is C16H30N2O. The second-order valence-corrected chi connectivity index (χ2v) is 6.72. The van der Waals surface area contributed by atoms with Gasteiger partial charge in [-0.1, -0.05) is 39.0 Å². The number of carbonyl (C=O) groups is 1. The average molecular weight is 266 g/mol. The van der Waals surface area contributed by atoms with Crippen LogP contribution in [-0.2, 0) is 4.79 Å². The molecular weight excluding hydrogens is 236 g/mol. The Morgan fingerprint density at radius 1 is 1.11 bits per heavy atom. The first-order valence-corrected chi connectivity index (χ1v) is 8.19. The van der Waals surface area contributed by atoms with Crippen molar-refractivity contribution in [3.05, 3.63) is 0 Å². The quantitative estimate of drug-likeness (QED) is 0.804. The number of nitrogens with one attached hydrogen (secondary N) is 1. The van der Waals surface area contributed by atoms with Gasteiger partial charge >= 0.3 is 0 Å². The van der Waals surface area contributed by atoms with Crippen LogP contribution >= 0.6 is 0 Å². The largest absolute Gasteiger partial charge is 0.356 e. The first kappa shape index (κ1) is 14.8. The van der Waals surface area contributed by atoms with Crippen molar-refractivity contribution >= 4 is 5.91 Å². The first-order valence-electron chi connectivity index (χ1n) is 8.19. The van der Waals surface area contributed by atoms with E-state index in [1.54, 1.807) is 0 Å². The van der Waals surface area contributed by atoms with Gasteiger partial charge in [0.2, 0.25) is 5.91 Å². The second-order valence-electron chi connectivity index (χ2n) is 6.72. The van der Waals surface area contributed by atoms with Gasteiger partial charge in [-0.15, -0.1) is 0 Å². The van der Waals surface area contributed by atoms with E-state index in [1.165, 1.54) is 32.1 Å². The van der Waals surface area contributed by atoms with Crippen molar-refractivity contribution in [3.63, 3.8) is 0 Å². The van der Waals surface area contributed by atoms with Crippen molar-refractivity contribution in [2.45, 2.75) is 70.8 Å². The van der Waals surface area contributed by atoms with Crippen LogP contribution in [0.4, 0.5) is 0 Å². The molecule has 2 rings (SSSR count). The summed E-state index contributed by atoms with van der Waals surface area (Å²) in [7, 11) is 0. The van der Waals surface area contributed by atoms with Crippen LogP contribution in [0.3, 0.4) is 0 Å². The molecule has 0 aromatic rings. The predicted octanol–water partition coefficient (Wildman–Crippen LogP) is 2.84. The van der Waals surface area contributed by atoms with E-state index in [-0.39, 0.29) is 11.9 Å². The lowest BCUT2D eigenvalue weighted by atomic mass is 9.79. The van der Waals surface area contributed by atoms with E-state index in [0.29, 0.717) is 12.3 Å². The average Bonchev–Trinajstić information content (AvgIpc) is 2.77. The van der Waals surface area contributed by atoms with Gasteiger partial charge in [-0.25, -0.2) is 0 Å². The number of nitrogens with two attached hydrogens (primary N) is 1. The molecule has 2 unspecified atom stereocenters. The lowest BCUT2D eigenvalue weighted by molar-refractivity contribution is -0.122. The standard InChI is InChI=1S/C16H30N2O/c1-12-5-2-3-6-13(12)9-10-18-16(19)11-14-7-4-8-15(14)17/h12-15H,2-11,17H2,1H3,(H,18,19)/t12?,13?,14-,15+/m0/s1. The zero-order valence-electron chi connectivity index (χ0n) is 12.4. The molecule has 0 bridgehead atoms. The summed E-state index contributed by atoms with van der Waals surface area (Å²) < 4.78 is 0. The predicted molar refractivity (Wildman–Crippen MR) is 78.7 cm³/mol. The van der Waals surface area contributed by atoms with E-state index in [0.717, 1.165) is 37.6 Å². The second kappa shape index (κ2) is 7.28. The van der Waals surface area contributed by atoms with Gasteiger partial charge in [0.1, 0.15) is 0 Å². The zero-order chi connectivity index (χ0) is 13.7. The van der Waals surface area contributed by atoms with E-state index < -0.39 is 0 Å². The van der Waals surface area contributed by atoms with Gasteiger partial charge in [-0.2, -0.15) is 0 Å². The first-order chi connectivity index (χ1) is 9.16. The van der Waals surface area contributed by atoms with Crippen molar-refractivity contribution in [2.24, 2.45) is 23.5 Å². The Bertz CT molecular complexity index is 292. The molecule has 2 aliphatic rings. The minimum atomic E-state index is 0.214. The van der Waals surface area contributed by atoms with E-state index >= 15 is 0 Å². The smallest absolute Gasteiger partial charge is 0.220 e. The summed E-state index contributed by atoms with van der Waals surface area (Å²) in [6.07, 6.45) is 10.7. The lowest BCUT2D eigenvalue weighted by Gasteiger charge is -2.28. The third kappa shape index (κ3) is 4.48. The molecule has 3 N–H and O–H groups in total. The maximum Gasteiger partial charge on any atom is 0.220 e. The number of hydrogen-bond donors (Lipinski definition) is 2. The minimum Gasteiger partial charge on any atom is -0.356 e. The molecule has 0 heterocycles. The third-order valence-electron chi connectivity index (χ3n) is 5.29. The topological polar surface area (TPSA) is 55.1 Å². The maximum absolute atomic E-state index is 11.9. The van der Waals surface area contributed by atoms with Crippen LogP contribution < -0.4 is 11.1 Å². The Balaban J connectivity index is 1.60. The Hall–Kier alpha value is -0.570. The highest BCUT2D eigenvalue weighted by atomic mass is 16.1. The van der Waals surface area contributed by atoms with Crippen LogP contribution in [0.1, 0.15) is 64.7 Å². The number of rotatable bonds is 5. The van der Waals surface area contributed by atoms with Crippen LogP contribution in [0.15, 0.2) is 0 Å². The van der Waals surface area contributed by atoms with Crippen LogP contribution in [0.2, 0.25) is 0 Å². The molecule has 3 nitrogen and oxygen atoms in total.